The van der Waals surface area contributed by atoms with Crippen molar-refractivity contribution in [1.82, 2.24) is 0 Å². The van der Waals surface area contributed by atoms with Crippen molar-refractivity contribution in [1.29, 1.82) is 0 Å². The number of hydrogen-bond donors (Lipinski definition) is 1. The molecular formula is C14H21NO2. The van der Waals surface area contributed by atoms with Gasteiger partial charge >= 0.3 is 5.97 Å². The smallest absolute Gasteiger partial charge is 0.307 e. The van der Waals surface area contributed by atoms with E-state index in [0.29, 0.717) is 12.5 Å². The van der Waals surface area contributed by atoms with E-state index in [9.17, 15) is 4.79 Å². The molecule has 3 heteroatoms. The van der Waals surface area contributed by atoms with Crippen LogP contribution in [-0.4, -0.2) is 12.6 Å². The average Bonchev–Trinajstić information content (AvgIpc) is 2.29. The van der Waals surface area contributed by atoms with Crippen LogP contribution in [0.5, 0.6) is 0 Å². The fraction of sp³-hybridized carbons (Fsp3) is 0.500. The number of rotatable bonds is 5. The van der Waals surface area contributed by atoms with Gasteiger partial charge < -0.3 is 10.5 Å². The van der Waals surface area contributed by atoms with E-state index in [1.165, 1.54) is 5.56 Å². The van der Waals surface area contributed by atoms with E-state index in [-0.39, 0.29) is 18.4 Å². The van der Waals surface area contributed by atoms with Crippen LogP contribution >= 0.6 is 0 Å². The lowest BCUT2D eigenvalue weighted by atomic mass is 9.97. The standard InChI is InChI=1S/C14H21NO2/c1-4-17-14(16)9-13(15)12-7-5-6-11(8-12)10(2)3/h5-8,10,13H,4,9,15H2,1-3H3/t13-/m0/s1. The second-order valence-corrected chi connectivity index (χ2v) is 4.44. The lowest BCUT2D eigenvalue weighted by Crippen LogP contribution is -2.17. The van der Waals surface area contributed by atoms with Crippen molar-refractivity contribution < 1.29 is 9.53 Å². The number of benzene rings is 1. The number of carbonyl (C=O) groups excluding carboxylic acids is 1. The lowest BCUT2D eigenvalue weighted by molar-refractivity contribution is -0.143. The zero-order valence-corrected chi connectivity index (χ0v) is 10.8. The molecule has 0 aliphatic rings. The van der Waals surface area contributed by atoms with Gasteiger partial charge in [0.05, 0.1) is 13.0 Å². The average molecular weight is 235 g/mol. The molecule has 0 bridgehead atoms. The maximum Gasteiger partial charge on any atom is 0.307 e. The van der Waals surface area contributed by atoms with E-state index in [0.717, 1.165) is 5.56 Å². The highest BCUT2D eigenvalue weighted by atomic mass is 16.5. The van der Waals surface area contributed by atoms with E-state index in [4.69, 9.17) is 10.5 Å². The van der Waals surface area contributed by atoms with E-state index in [1.807, 2.05) is 12.1 Å². The SMILES string of the molecule is CCOC(=O)C[C@H](N)c1cccc(C(C)C)c1. The zero-order chi connectivity index (χ0) is 12.8. The van der Waals surface area contributed by atoms with Gasteiger partial charge in [-0.3, -0.25) is 4.79 Å². The normalized spacial score (nSPS) is 12.5. The minimum atomic E-state index is -0.284. The van der Waals surface area contributed by atoms with E-state index >= 15 is 0 Å². The third-order valence-electron chi connectivity index (χ3n) is 2.70. The fourth-order valence-corrected chi connectivity index (χ4v) is 1.67. The van der Waals surface area contributed by atoms with E-state index < -0.39 is 0 Å². The number of nitrogens with two attached hydrogens (primary N) is 1. The van der Waals surface area contributed by atoms with Crippen LogP contribution in [-0.2, 0) is 9.53 Å². The molecule has 0 aliphatic carbocycles. The van der Waals surface area contributed by atoms with Crippen LogP contribution in [0.1, 0.15) is 50.3 Å². The quantitative estimate of drug-likeness (QED) is 0.798. The van der Waals surface area contributed by atoms with Gasteiger partial charge in [0.1, 0.15) is 0 Å². The van der Waals surface area contributed by atoms with Gasteiger partial charge in [-0.2, -0.15) is 0 Å². The number of hydrogen-bond acceptors (Lipinski definition) is 3. The Balaban J connectivity index is 2.71. The molecule has 0 fully saturated rings. The molecule has 0 saturated carbocycles. The number of esters is 1. The molecule has 17 heavy (non-hydrogen) atoms. The molecule has 3 nitrogen and oxygen atoms in total. The second kappa shape index (κ2) is 6.40. The summed E-state index contributed by atoms with van der Waals surface area (Å²) in [5.41, 5.74) is 8.22. The van der Waals surface area contributed by atoms with Crippen LogP contribution in [0.2, 0.25) is 0 Å². The van der Waals surface area contributed by atoms with Gasteiger partial charge in [-0.15, -0.1) is 0 Å². The zero-order valence-electron chi connectivity index (χ0n) is 10.8. The minimum absolute atomic E-state index is 0.232. The summed E-state index contributed by atoms with van der Waals surface area (Å²) >= 11 is 0. The molecule has 2 N–H and O–H groups in total. The first-order chi connectivity index (χ1) is 8.04. The summed E-state index contributed by atoms with van der Waals surface area (Å²) in [5.74, 6) is 0.222. The molecule has 1 aromatic carbocycles. The predicted octanol–water partition coefficient (Wildman–Crippen LogP) is 2.76. The van der Waals surface area contributed by atoms with Gasteiger partial charge in [-0.25, -0.2) is 0 Å². The van der Waals surface area contributed by atoms with Crippen LogP contribution in [0.25, 0.3) is 0 Å². The Morgan fingerprint density at radius 3 is 2.59 bits per heavy atom. The van der Waals surface area contributed by atoms with Gasteiger partial charge in [0, 0.05) is 6.04 Å². The Morgan fingerprint density at radius 1 is 1.35 bits per heavy atom. The highest BCUT2D eigenvalue weighted by molar-refractivity contribution is 5.70. The maximum absolute atomic E-state index is 11.3. The third kappa shape index (κ3) is 4.19. The van der Waals surface area contributed by atoms with Crippen molar-refractivity contribution in [2.45, 2.75) is 39.2 Å². The molecule has 0 radical (unpaired) electrons. The Kier molecular flexibility index (Phi) is 5.16. The number of ether oxygens (including phenoxy) is 1. The van der Waals surface area contributed by atoms with Crippen LogP contribution in [0, 0.1) is 0 Å². The topological polar surface area (TPSA) is 52.3 Å². The van der Waals surface area contributed by atoms with Gasteiger partial charge in [0.2, 0.25) is 0 Å². The van der Waals surface area contributed by atoms with Gasteiger partial charge in [0.15, 0.2) is 0 Å². The first-order valence-corrected chi connectivity index (χ1v) is 6.05. The van der Waals surface area contributed by atoms with E-state index in [2.05, 4.69) is 26.0 Å². The summed E-state index contributed by atoms with van der Waals surface area (Å²) in [6.07, 6.45) is 0.232. The molecule has 1 rings (SSSR count). The summed E-state index contributed by atoms with van der Waals surface area (Å²) in [6, 6.07) is 7.79. The summed E-state index contributed by atoms with van der Waals surface area (Å²) < 4.78 is 4.89. The van der Waals surface area contributed by atoms with Gasteiger partial charge in [-0.05, 0) is 24.0 Å². The molecule has 0 spiro atoms. The molecule has 0 heterocycles. The van der Waals surface area contributed by atoms with Crippen molar-refractivity contribution in [2.24, 2.45) is 5.73 Å². The van der Waals surface area contributed by atoms with Crippen molar-refractivity contribution >= 4 is 5.97 Å². The third-order valence-corrected chi connectivity index (χ3v) is 2.70. The molecule has 0 saturated heterocycles. The first-order valence-electron chi connectivity index (χ1n) is 6.05. The predicted molar refractivity (Wildman–Crippen MR) is 68.7 cm³/mol. The summed E-state index contributed by atoms with van der Waals surface area (Å²) in [4.78, 5) is 11.3. The van der Waals surface area contributed by atoms with Crippen LogP contribution < -0.4 is 5.73 Å². The molecular weight excluding hydrogens is 214 g/mol. The molecule has 0 unspecified atom stereocenters. The molecule has 0 aliphatic heterocycles. The maximum atomic E-state index is 11.3. The Labute approximate surface area is 103 Å². The molecule has 0 amide bonds. The molecule has 94 valence electrons. The largest absolute Gasteiger partial charge is 0.466 e. The fourth-order valence-electron chi connectivity index (χ4n) is 1.67. The summed E-state index contributed by atoms with van der Waals surface area (Å²) in [6.45, 7) is 6.46. The van der Waals surface area contributed by atoms with Gasteiger partial charge in [0.25, 0.3) is 0 Å². The van der Waals surface area contributed by atoms with Crippen LogP contribution in [0.4, 0.5) is 0 Å². The van der Waals surface area contributed by atoms with Gasteiger partial charge in [-0.1, -0.05) is 38.1 Å². The van der Waals surface area contributed by atoms with Crippen LogP contribution in [0.3, 0.4) is 0 Å². The van der Waals surface area contributed by atoms with Crippen molar-refractivity contribution in [3.63, 3.8) is 0 Å². The second-order valence-electron chi connectivity index (χ2n) is 4.44. The van der Waals surface area contributed by atoms with Crippen molar-refractivity contribution in [2.75, 3.05) is 6.61 Å². The Hall–Kier alpha value is -1.35. The molecule has 1 atom stereocenters. The minimum Gasteiger partial charge on any atom is -0.466 e. The summed E-state index contributed by atoms with van der Waals surface area (Å²) in [7, 11) is 0. The Bertz CT molecular complexity index is 374. The lowest BCUT2D eigenvalue weighted by Gasteiger charge is -2.13. The monoisotopic (exact) mass is 235 g/mol. The van der Waals surface area contributed by atoms with Crippen LogP contribution in [0.15, 0.2) is 24.3 Å². The van der Waals surface area contributed by atoms with E-state index in [1.54, 1.807) is 6.92 Å². The summed E-state index contributed by atoms with van der Waals surface area (Å²) in [5, 5.41) is 0. The van der Waals surface area contributed by atoms with Crippen molar-refractivity contribution in [3.8, 4) is 0 Å². The highest BCUT2D eigenvalue weighted by Gasteiger charge is 2.13. The first kappa shape index (κ1) is 13.7. The Morgan fingerprint density at radius 2 is 2.00 bits per heavy atom. The highest BCUT2D eigenvalue weighted by Crippen LogP contribution is 2.20. The molecule has 0 aromatic heterocycles. The van der Waals surface area contributed by atoms with Crippen molar-refractivity contribution in [3.05, 3.63) is 35.4 Å². The number of carbonyl (C=O) groups is 1. The molecule has 1 aromatic rings.